The lowest BCUT2D eigenvalue weighted by Crippen LogP contribution is -2.04. The van der Waals surface area contributed by atoms with Crippen molar-refractivity contribution < 1.29 is 19.7 Å². The zero-order valence-corrected chi connectivity index (χ0v) is 11.6. The first-order valence-electron chi connectivity index (χ1n) is 6.14. The van der Waals surface area contributed by atoms with Crippen molar-refractivity contribution in [3.63, 3.8) is 0 Å². The minimum atomic E-state index is -1.03. The van der Waals surface area contributed by atoms with Crippen molar-refractivity contribution in [2.75, 3.05) is 12.8 Å². The van der Waals surface area contributed by atoms with E-state index in [1.807, 2.05) is 0 Å². The molecule has 0 saturated heterocycles. The third-order valence-electron chi connectivity index (χ3n) is 3.11. The molecule has 21 heavy (non-hydrogen) atoms. The van der Waals surface area contributed by atoms with Crippen LogP contribution in [0, 0.1) is 6.92 Å². The molecule has 0 saturated carbocycles. The van der Waals surface area contributed by atoms with Gasteiger partial charge in [0.15, 0.2) is 0 Å². The van der Waals surface area contributed by atoms with Crippen LogP contribution >= 0.6 is 0 Å². The number of hydrogen-bond acceptors (Lipinski definition) is 6. The van der Waals surface area contributed by atoms with E-state index in [-0.39, 0.29) is 17.4 Å². The van der Waals surface area contributed by atoms with Gasteiger partial charge in [-0.2, -0.15) is 4.98 Å². The Morgan fingerprint density at radius 2 is 2.10 bits per heavy atom. The van der Waals surface area contributed by atoms with Crippen LogP contribution in [0.1, 0.15) is 27.2 Å². The number of nitrogen functional groups attached to an aromatic ring is 1. The molecule has 0 unspecified atom stereocenters. The van der Waals surface area contributed by atoms with Gasteiger partial charge < -0.3 is 20.7 Å². The predicted octanol–water partition coefficient (Wildman–Crippen LogP) is 1.37. The van der Waals surface area contributed by atoms with Crippen LogP contribution in [0.25, 0.3) is 0 Å². The summed E-state index contributed by atoms with van der Waals surface area (Å²) in [4.78, 5) is 18.7. The van der Waals surface area contributed by atoms with Gasteiger partial charge in [-0.25, -0.2) is 9.78 Å². The third kappa shape index (κ3) is 3.02. The Morgan fingerprint density at radius 3 is 2.67 bits per heavy atom. The van der Waals surface area contributed by atoms with Crippen LogP contribution < -0.4 is 10.5 Å². The fourth-order valence-corrected chi connectivity index (χ4v) is 2.02. The van der Waals surface area contributed by atoms with Gasteiger partial charge in [0.2, 0.25) is 11.8 Å². The van der Waals surface area contributed by atoms with Crippen molar-refractivity contribution >= 4 is 11.9 Å². The molecule has 7 nitrogen and oxygen atoms in total. The zero-order chi connectivity index (χ0) is 15.6. The summed E-state index contributed by atoms with van der Waals surface area (Å²) in [6.45, 7) is 1.71. The molecule has 1 aromatic carbocycles. The SMILES string of the molecule is COc1cc(C(=O)O)ccc1Cc1c(C)nc(N)nc1O. The van der Waals surface area contributed by atoms with Crippen LogP contribution in [0.3, 0.4) is 0 Å². The average molecular weight is 289 g/mol. The molecule has 0 spiro atoms. The highest BCUT2D eigenvalue weighted by atomic mass is 16.5. The molecule has 0 bridgehead atoms. The van der Waals surface area contributed by atoms with Gasteiger partial charge in [-0.1, -0.05) is 6.07 Å². The lowest BCUT2D eigenvalue weighted by atomic mass is 10.0. The zero-order valence-electron chi connectivity index (χ0n) is 11.6. The summed E-state index contributed by atoms with van der Waals surface area (Å²) < 4.78 is 5.20. The predicted molar refractivity (Wildman–Crippen MR) is 75.6 cm³/mol. The molecule has 0 aliphatic rings. The Balaban J connectivity index is 2.42. The minimum Gasteiger partial charge on any atom is -0.496 e. The highest BCUT2D eigenvalue weighted by molar-refractivity contribution is 5.88. The van der Waals surface area contributed by atoms with Crippen molar-refractivity contribution in [1.82, 2.24) is 9.97 Å². The number of aromatic nitrogens is 2. The number of aromatic hydroxyl groups is 1. The number of carboxylic acid groups (broad SMARTS) is 1. The molecule has 0 fully saturated rings. The van der Waals surface area contributed by atoms with Crippen LogP contribution in [-0.2, 0) is 6.42 Å². The molecule has 0 amide bonds. The lowest BCUT2D eigenvalue weighted by molar-refractivity contribution is 0.0696. The maximum absolute atomic E-state index is 11.0. The first kappa shape index (κ1) is 14.6. The highest BCUT2D eigenvalue weighted by Gasteiger charge is 2.14. The van der Waals surface area contributed by atoms with E-state index in [0.29, 0.717) is 29.0 Å². The summed E-state index contributed by atoms with van der Waals surface area (Å²) in [5.41, 5.74) is 7.38. The van der Waals surface area contributed by atoms with Gasteiger partial charge in [0.1, 0.15) is 5.75 Å². The van der Waals surface area contributed by atoms with E-state index in [0.717, 1.165) is 0 Å². The van der Waals surface area contributed by atoms with Gasteiger partial charge >= 0.3 is 5.97 Å². The number of nitrogens with two attached hydrogens (primary N) is 1. The van der Waals surface area contributed by atoms with Gasteiger partial charge in [-0.05, 0) is 24.6 Å². The number of benzene rings is 1. The largest absolute Gasteiger partial charge is 0.496 e. The molecule has 7 heteroatoms. The first-order chi connectivity index (χ1) is 9.92. The van der Waals surface area contributed by atoms with Crippen molar-refractivity contribution in [3.05, 3.63) is 40.6 Å². The number of rotatable bonds is 4. The lowest BCUT2D eigenvalue weighted by Gasteiger charge is -2.12. The molecule has 1 aromatic heterocycles. The number of ether oxygens (including phenoxy) is 1. The number of hydrogen-bond donors (Lipinski definition) is 3. The Hall–Kier alpha value is -2.83. The van der Waals surface area contributed by atoms with Crippen molar-refractivity contribution in [2.45, 2.75) is 13.3 Å². The monoisotopic (exact) mass is 289 g/mol. The molecular weight excluding hydrogens is 274 g/mol. The molecule has 4 N–H and O–H groups in total. The van der Waals surface area contributed by atoms with E-state index in [1.54, 1.807) is 13.0 Å². The number of nitrogens with zero attached hydrogens (tertiary/aromatic N) is 2. The highest BCUT2D eigenvalue weighted by Crippen LogP contribution is 2.27. The molecule has 2 aromatic rings. The maximum atomic E-state index is 11.0. The summed E-state index contributed by atoms with van der Waals surface area (Å²) in [5, 5.41) is 18.8. The van der Waals surface area contributed by atoms with Crippen LogP contribution in [0.4, 0.5) is 5.95 Å². The van der Waals surface area contributed by atoms with Crippen molar-refractivity contribution in [2.24, 2.45) is 0 Å². The van der Waals surface area contributed by atoms with Gasteiger partial charge in [-0.3, -0.25) is 0 Å². The summed E-state index contributed by atoms with van der Waals surface area (Å²) in [6.07, 6.45) is 0.307. The summed E-state index contributed by atoms with van der Waals surface area (Å²) in [6, 6.07) is 4.55. The Kier molecular flexibility index (Phi) is 3.93. The van der Waals surface area contributed by atoms with E-state index in [1.165, 1.54) is 19.2 Å². The van der Waals surface area contributed by atoms with E-state index >= 15 is 0 Å². The second kappa shape index (κ2) is 5.66. The normalized spacial score (nSPS) is 10.4. The number of carbonyl (C=O) groups is 1. The van der Waals surface area contributed by atoms with Crippen LogP contribution in [0.2, 0.25) is 0 Å². The summed E-state index contributed by atoms with van der Waals surface area (Å²) >= 11 is 0. The molecule has 2 rings (SSSR count). The second-order valence-electron chi connectivity index (χ2n) is 4.48. The fraction of sp³-hybridized carbons (Fsp3) is 0.214. The van der Waals surface area contributed by atoms with E-state index < -0.39 is 5.97 Å². The van der Waals surface area contributed by atoms with Gasteiger partial charge in [-0.15, -0.1) is 0 Å². The summed E-state index contributed by atoms with van der Waals surface area (Å²) in [5.74, 6) is -0.800. The van der Waals surface area contributed by atoms with E-state index in [9.17, 15) is 9.90 Å². The number of carboxylic acids is 1. The maximum Gasteiger partial charge on any atom is 0.335 e. The van der Waals surface area contributed by atoms with Crippen LogP contribution in [-0.4, -0.2) is 33.3 Å². The second-order valence-corrected chi connectivity index (χ2v) is 4.48. The molecule has 110 valence electrons. The standard InChI is InChI=1S/C14H15N3O4/c1-7-10(12(18)17-14(15)16-7)5-8-3-4-9(13(19)20)6-11(8)21-2/h3-4,6H,5H2,1-2H3,(H,19,20)(H3,15,16,17,18). The van der Waals surface area contributed by atoms with Crippen LogP contribution in [0.15, 0.2) is 18.2 Å². The van der Waals surface area contributed by atoms with Crippen molar-refractivity contribution in [1.29, 1.82) is 0 Å². The molecular formula is C14H15N3O4. The minimum absolute atomic E-state index is 0.00180. The quantitative estimate of drug-likeness (QED) is 0.777. The van der Waals surface area contributed by atoms with Gasteiger partial charge in [0.05, 0.1) is 18.4 Å². The molecule has 0 aliphatic carbocycles. The van der Waals surface area contributed by atoms with Gasteiger partial charge in [0.25, 0.3) is 0 Å². The summed E-state index contributed by atoms with van der Waals surface area (Å²) in [7, 11) is 1.46. The number of aryl methyl sites for hydroxylation is 1. The Bertz CT molecular complexity index is 678. The fourth-order valence-electron chi connectivity index (χ4n) is 2.02. The third-order valence-corrected chi connectivity index (χ3v) is 3.11. The topological polar surface area (TPSA) is 119 Å². The Labute approximate surface area is 121 Å². The number of aromatic carboxylic acids is 1. The molecule has 0 atom stereocenters. The molecule has 0 radical (unpaired) electrons. The first-order valence-corrected chi connectivity index (χ1v) is 6.14. The van der Waals surface area contributed by atoms with E-state index in [4.69, 9.17) is 15.6 Å². The molecule has 1 heterocycles. The van der Waals surface area contributed by atoms with E-state index in [2.05, 4.69) is 9.97 Å². The Morgan fingerprint density at radius 1 is 1.38 bits per heavy atom. The average Bonchev–Trinajstić information content (AvgIpc) is 2.42. The molecule has 0 aliphatic heterocycles. The van der Waals surface area contributed by atoms with Crippen molar-refractivity contribution in [3.8, 4) is 11.6 Å². The number of anilines is 1. The van der Waals surface area contributed by atoms with Crippen LogP contribution in [0.5, 0.6) is 11.6 Å². The van der Waals surface area contributed by atoms with Gasteiger partial charge in [0, 0.05) is 12.0 Å². The smallest absolute Gasteiger partial charge is 0.335 e. The number of methoxy groups -OCH3 is 1.